The van der Waals surface area contributed by atoms with Gasteiger partial charge in [0.2, 0.25) is 17.6 Å². The smallest absolute Gasteiger partial charge is 0.233 e. The van der Waals surface area contributed by atoms with Crippen molar-refractivity contribution in [3.63, 3.8) is 0 Å². The fourth-order valence-corrected chi connectivity index (χ4v) is 3.41. The Kier molecular flexibility index (Phi) is 7.00. The summed E-state index contributed by atoms with van der Waals surface area (Å²) in [4.78, 5) is 12.9. The van der Waals surface area contributed by atoms with Crippen molar-refractivity contribution in [2.75, 3.05) is 46.2 Å². The number of nitrogens with one attached hydrogen (secondary N) is 3. The number of hydrogen-bond donors (Lipinski definition) is 3. The third kappa shape index (κ3) is 4.95. The Morgan fingerprint density at radius 1 is 0.714 bits per heavy atom. The van der Waals surface area contributed by atoms with Crippen molar-refractivity contribution in [1.29, 1.82) is 0 Å². The number of nitrogens with zero attached hydrogens (tertiary/aromatic N) is 4. The van der Waals surface area contributed by atoms with Gasteiger partial charge in [-0.25, -0.2) is 9.97 Å². The maximum atomic E-state index is 5.41. The molecule has 182 valence electrons. The van der Waals surface area contributed by atoms with E-state index < -0.39 is 0 Å². The number of methoxy groups -OCH3 is 5. The molecule has 3 N–H and O–H groups in total. The van der Waals surface area contributed by atoms with Gasteiger partial charge in [0.1, 0.15) is 12.1 Å². The lowest BCUT2D eigenvalue weighted by molar-refractivity contribution is 0.324. The number of anilines is 4. The first-order chi connectivity index (χ1) is 17.1. The Morgan fingerprint density at radius 2 is 1.37 bits per heavy atom. The van der Waals surface area contributed by atoms with Crippen molar-refractivity contribution in [1.82, 2.24) is 25.1 Å². The second-order valence-corrected chi connectivity index (χ2v) is 7.03. The van der Waals surface area contributed by atoms with Crippen molar-refractivity contribution >= 4 is 23.4 Å². The van der Waals surface area contributed by atoms with Crippen LogP contribution < -0.4 is 34.3 Å². The third-order valence-electron chi connectivity index (χ3n) is 5.06. The highest BCUT2D eigenvalue weighted by Crippen LogP contribution is 2.40. The van der Waals surface area contributed by atoms with Gasteiger partial charge in [-0.05, 0) is 17.7 Å². The SMILES string of the molecule is COc1ccc(-c2cn[nH]c2Nc2ncnc(Nc3cc(OC)c(OC)c(OC)c3)n2)cc1OC. The Bertz CT molecular complexity index is 1290. The Balaban J connectivity index is 1.58. The summed E-state index contributed by atoms with van der Waals surface area (Å²) < 4.78 is 26.9. The number of aromatic nitrogens is 5. The van der Waals surface area contributed by atoms with E-state index in [2.05, 4.69) is 35.8 Å². The highest BCUT2D eigenvalue weighted by atomic mass is 16.5. The van der Waals surface area contributed by atoms with E-state index in [4.69, 9.17) is 23.7 Å². The van der Waals surface area contributed by atoms with Gasteiger partial charge in [-0.1, -0.05) is 6.07 Å². The predicted molar refractivity (Wildman–Crippen MR) is 130 cm³/mol. The fourth-order valence-electron chi connectivity index (χ4n) is 3.41. The van der Waals surface area contributed by atoms with Gasteiger partial charge in [-0.2, -0.15) is 10.1 Å². The van der Waals surface area contributed by atoms with Crippen molar-refractivity contribution in [2.24, 2.45) is 0 Å². The molecule has 0 spiro atoms. The zero-order valence-corrected chi connectivity index (χ0v) is 19.9. The van der Waals surface area contributed by atoms with Crippen LogP contribution >= 0.6 is 0 Å². The van der Waals surface area contributed by atoms with Crippen LogP contribution in [0.1, 0.15) is 0 Å². The van der Waals surface area contributed by atoms with Crippen LogP contribution in [-0.2, 0) is 0 Å². The van der Waals surface area contributed by atoms with Gasteiger partial charge in [-0.15, -0.1) is 0 Å². The molecule has 35 heavy (non-hydrogen) atoms. The van der Waals surface area contributed by atoms with Crippen molar-refractivity contribution in [2.45, 2.75) is 0 Å². The first-order valence-electron chi connectivity index (χ1n) is 10.4. The van der Waals surface area contributed by atoms with Gasteiger partial charge in [0.05, 0.1) is 41.7 Å². The number of aromatic amines is 1. The molecule has 12 nitrogen and oxygen atoms in total. The summed E-state index contributed by atoms with van der Waals surface area (Å²) in [5.74, 6) is 3.94. The van der Waals surface area contributed by atoms with E-state index in [1.165, 1.54) is 6.33 Å². The minimum absolute atomic E-state index is 0.306. The molecular weight excluding hydrogens is 454 g/mol. The largest absolute Gasteiger partial charge is 0.493 e. The van der Waals surface area contributed by atoms with Crippen molar-refractivity contribution in [3.8, 4) is 39.9 Å². The van der Waals surface area contributed by atoms with Crippen LogP contribution in [0.2, 0.25) is 0 Å². The molecule has 0 saturated carbocycles. The highest BCUT2D eigenvalue weighted by Gasteiger charge is 2.15. The number of ether oxygens (including phenoxy) is 5. The average molecular weight is 479 g/mol. The molecule has 4 rings (SSSR count). The average Bonchev–Trinajstić information content (AvgIpc) is 3.35. The first kappa shape index (κ1) is 23.4. The van der Waals surface area contributed by atoms with Crippen LogP contribution in [0.25, 0.3) is 11.1 Å². The number of benzene rings is 2. The lowest BCUT2D eigenvalue weighted by atomic mass is 10.1. The quantitative estimate of drug-likeness (QED) is 0.306. The van der Waals surface area contributed by atoms with Crippen LogP contribution in [0.15, 0.2) is 42.9 Å². The van der Waals surface area contributed by atoms with Crippen LogP contribution in [0.4, 0.5) is 23.4 Å². The Labute approximate surface area is 201 Å². The van der Waals surface area contributed by atoms with Crippen molar-refractivity contribution in [3.05, 3.63) is 42.9 Å². The van der Waals surface area contributed by atoms with Crippen molar-refractivity contribution < 1.29 is 23.7 Å². The van der Waals surface area contributed by atoms with Gasteiger partial charge < -0.3 is 34.3 Å². The summed E-state index contributed by atoms with van der Waals surface area (Å²) in [7, 11) is 7.82. The fraction of sp³-hybridized carbons (Fsp3) is 0.217. The monoisotopic (exact) mass is 479 g/mol. The molecule has 2 aromatic heterocycles. The summed E-state index contributed by atoms with van der Waals surface area (Å²) in [5, 5.41) is 13.4. The standard InChI is InChI=1S/C23H25N7O5/c1-31-16-7-6-13(8-17(16)32-2)15-11-26-30-21(15)28-23-25-12-24-22(29-23)27-14-9-18(33-3)20(35-5)19(10-14)34-4/h6-12H,1-5H3,(H3,24,25,26,27,28,29,30). The maximum Gasteiger partial charge on any atom is 0.233 e. The van der Waals surface area contributed by atoms with Crippen LogP contribution in [0.5, 0.6) is 28.7 Å². The van der Waals surface area contributed by atoms with Crippen LogP contribution in [0.3, 0.4) is 0 Å². The number of rotatable bonds is 10. The molecule has 2 heterocycles. The molecule has 12 heteroatoms. The topological polar surface area (TPSA) is 138 Å². The molecule has 0 saturated heterocycles. The second kappa shape index (κ2) is 10.5. The predicted octanol–water partition coefficient (Wildman–Crippen LogP) is 3.79. The summed E-state index contributed by atoms with van der Waals surface area (Å²) in [6, 6.07) is 9.10. The molecule has 0 fully saturated rings. The van der Waals surface area contributed by atoms with E-state index in [1.807, 2.05) is 18.2 Å². The van der Waals surface area contributed by atoms with Gasteiger partial charge in [0.15, 0.2) is 23.0 Å². The first-order valence-corrected chi connectivity index (χ1v) is 10.4. The molecular formula is C23H25N7O5. The van der Waals surface area contributed by atoms with Gasteiger partial charge in [0, 0.05) is 23.4 Å². The van der Waals surface area contributed by atoms with Gasteiger partial charge in [0.25, 0.3) is 0 Å². The number of H-pyrrole nitrogens is 1. The molecule has 0 bridgehead atoms. The summed E-state index contributed by atoms with van der Waals surface area (Å²) >= 11 is 0. The molecule has 0 unspecified atom stereocenters. The normalized spacial score (nSPS) is 10.4. The molecule has 0 atom stereocenters. The molecule has 0 aliphatic heterocycles. The van der Waals surface area contributed by atoms with E-state index in [0.717, 1.165) is 11.1 Å². The summed E-state index contributed by atoms with van der Waals surface area (Å²) in [6.07, 6.45) is 3.09. The highest BCUT2D eigenvalue weighted by molar-refractivity contribution is 5.78. The summed E-state index contributed by atoms with van der Waals surface area (Å²) in [6.45, 7) is 0. The molecule has 2 aromatic carbocycles. The van der Waals surface area contributed by atoms with Gasteiger partial charge in [-0.3, -0.25) is 5.10 Å². The zero-order valence-electron chi connectivity index (χ0n) is 19.9. The van der Waals surface area contributed by atoms with Crippen LogP contribution in [-0.4, -0.2) is 60.7 Å². The van der Waals surface area contributed by atoms with Crippen LogP contribution in [0, 0.1) is 0 Å². The van der Waals surface area contributed by atoms with E-state index in [1.54, 1.807) is 53.9 Å². The van der Waals surface area contributed by atoms with Gasteiger partial charge >= 0.3 is 0 Å². The Hall–Kier alpha value is -4.74. The van der Waals surface area contributed by atoms with E-state index >= 15 is 0 Å². The minimum Gasteiger partial charge on any atom is -0.493 e. The number of hydrogen-bond acceptors (Lipinski definition) is 11. The second-order valence-electron chi connectivity index (χ2n) is 7.03. The zero-order chi connectivity index (χ0) is 24.8. The third-order valence-corrected chi connectivity index (χ3v) is 5.06. The molecule has 0 aliphatic carbocycles. The maximum absolute atomic E-state index is 5.41. The molecule has 0 amide bonds. The summed E-state index contributed by atoms with van der Waals surface area (Å²) in [5.41, 5.74) is 2.30. The lowest BCUT2D eigenvalue weighted by Gasteiger charge is -2.14. The lowest BCUT2D eigenvalue weighted by Crippen LogP contribution is -2.04. The van der Waals surface area contributed by atoms with E-state index in [0.29, 0.717) is 52.1 Å². The molecule has 4 aromatic rings. The van der Waals surface area contributed by atoms with E-state index in [9.17, 15) is 0 Å². The minimum atomic E-state index is 0.306. The Morgan fingerprint density at radius 3 is 2.00 bits per heavy atom. The van der Waals surface area contributed by atoms with E-state index in [-0.39, 0.29) is 0 Å². The molecule has 0 radical (unpaired) electrons. The molecule has 0 aliphatic rings.